The van der Waals surface area contributed by atoms with E-state index in [9.17, 15) is 48.6 Å². The van der Waals surface area contributed by atoms with E-state index in [0.717, 1.165) is 9.80 Å². The zero-order chi connectivity index (χ0) is 63.7. The van der Waals surface area contributed by atoms with Crippen molar-refractivity contribution in [3.8, 4) is 5.75 Å². The van der Waals surface area contributed by atoms with E-state index in [4.69, 9.17) is 73.0 Å². The number of rotatable bonds is 56. The molecule has 0 saturated carbocycles. The van der Waals surface area contributed by atoms with Crippen molar-refractivity contribution in [2.75, 3.05) is 196 Å². The van der Waals surface area contributed by atoms with Crippen LogP contribution in [0.15, 0.2) is 65.7 Å². The fraction of sp³-hybridized carbons (Fsp3) is 0.596. The van der Waals surface area contributed by atoms with E-state index in [-0.39, 0.29) is 67.3 Å². The fourth-order valence-electron chi connectivity index (χ4n) is 7.34. The summed E-state index contributed by atoms with van der Waals surface area (Å²) in [5.74, 6) is -5.76. The van der Waals surface area contributed by atoms with Gasteiger partial charge < -0.3 is 99.2 Å². The monoisotopic (exact) mass is 1250 g/mol. The van der Waals surface area contributed by atoms with Gasteiger partial charge >= 0.3 is 11.9 Å². The van der Waals surface area contributed by atoms with Crippen molar-refractivity contribution in [2.45, 2.75) is 31.7 Å². The SMILES string of the molecule is NC(N)=Nc1cccc(C(=O)NCC(=O)N(c2ccc(OCCCNC(=O)CCOCCOCCOCCOCCOCCOCCOCCOCCOCCOCCOCCOCCNC(=O)CCN3C(=O)C=CC3=O)cc2)[C@@H](CC(=O)O)C(=O)O)c1. The summed E-state index contributed by atoms with van der Waals surface area (Å²) in [7, 11) is 0. The van der Waals surface area contributed by atoms with Gasteiger partial charge in [0.1, 0.15) is 11.8 Å². The molecule has 9 N–H and O–H groups in total. The predicted molar refractivity (Wildman–Crippen MR) is 313 cm³/mol. The highest BCUT2D eigenvalue weighted by Crippen LogP contribution is 2.24. The topological polar surface area (TPSA) is 404 Å². The molecule has 0 aromatic heterocycles. The first-order valence-corrected chi connectivity index (χ1v) is 28.7. The zero-order valence-corrected chi connectivity index (χ0v) is 49.6. The lowest BCUT2D eigenvalue weighted by Crippen LogP contribution is -2.50. The fourth-order valence-corrected chi connectivity index (χ4v) is 7.34. The summed E-state index contributed by atoms with van der Waals surface area (Å²) in [4.78, 5) is 103. The van der Waals surface area contributed by atoms with Gasteiger partial charge in [0.15, 0.2) is 5.96 Å². The maximum Gasteiger partial charge on any atom is 0.327 e. The Morgan fingerprint density at radius 2 is 0.955 bits per heavy atom. The van der Waals surface area contributed by atoms with E-state index in [1.54, 1.807) is 6.07 Å². The summed E-state index contributed by atoms with van der Waals surface area (Å²) in [6.07, 6.45) is 2.09. The van der Waals surface area contributed by atoms with Crippen molar-refractivity contribution in [2.24, 2.45) is 16.5 Å². The Balaban J connectivity index is 1.01. The molecule has 2 aromatic carbocycles. The van der Waals surface area contributed by atoms with Crippen LogP contribution in [-0.4, -0.2) is 266 Å². The number of carbonyl (C=O) groups is 8. The van der Waals surface area contributed by atoms with Gasteiger partial charge in [-0.1, -0.05) is 6.07 Å². The molecule has 0 spiro atoms. The minimum Gasteiger partial charge on any atom is -0.494 e. The van der Waals surface area contributed by atoms with Crippen LogP contribution in [0.5, 0.6) is 5.75 Å². The van der Waals surface area contributed by atoms with Crippen LogP contribution in [0.2, 0.25) is 0 Å². The van der Waals surface area contributed by atoms with Crippen molar-refractivity contribution < 1.29 is 110 Å². The Morgan fingerprint density at radius 3 is 1.40 bits per heavy atom. The number of nitrogens with zero attached hydrogens (tertiary/aromatic N) is 3. The van der Waals surface area contributed by atoms with E-state index in [2.05, 4.69) is 20.9 Å². The molecule has 1 atom stereocenters. The van der Waals surface area contributed by atoms with Crippen molar-refractivity contribution in [3.05, 3.63) is 66.2 Å². The van der Waals surface area contributed by atoms with Gasteiger partial charge in [-0.05, 0) is 48.9 Å². The smallest absolute Gasteiger partial charge is 0.327 e. The third-order valence-corrected chi connectivity index (χ3v) is 11.6. The molecule has 6 amide bonds. The first-order valence-electron chi connectivity index (χ1n) is 28.7. The number of amides is 6. The zero-order valence-electron chi connectivity index (χ0n) is 49.6. The number of ether oxygens (including phenoxy) is 13. The molecule has 1 aliphatic heterocycles. The molecule has 3 rings (SSSR count). The highest BCUT2D eigenvalue weighted by Gasteiger charge is 2.33. The van der Waals surface area contributed by atoms with Gasteiger partial charge in [-0.25, -0.2) is 9.79 Å². The average molecular weight is 1250 g/mol. The predicted octanol–water partition coefficient (Wildman–Crippen LogP) is -0.812. The van der Waals surface area contributed by atoms with Crippen molar-refractivity contribution in [3.63, 3.8) is 0 Å². The highest BCUT2D eigenvalue weighted by atomic mass is 16.6. The maximum atomic E-state index is 13.4. The van der Waals surface area contributed by atoms with Crippen molar-refractivity contribution in [1.29, 1.82) is 0 Å². The minimum absolute atomic E-state index is 0.0342. The highest BCUT2D eigenvalue weighted by molar-refractivity contribution is 6.13. The molecule has 0 radical (unpaired) electrons. The lowest BCUT2D eigenvalue weighted by Gasteiger charge is -2.28. The van der Waals surface area contributed by atoms with E-state index in [1.807, 2.05) is 0 Å². The first-order chi connectivity index (χ1) is 42.7. The second kappa shape index (κ2) is 48.7. The number of carboxylic acids is 2. The molecule has 1 aliphatic rings. The second-order valence-electron chi connectivity index (χ2n) is 18.4. The summed E-state index contributed by atoms with van der Waals surface area (Å²) in [6, 6.07) is 9.84. The van der Waals surface area contributed by atoms with Crippen LogP contribution in [0.4, 0.5) is 11.4 Å². The summed E-state index contributed by atoms with van der Waals surface area (Å²) in [5, 5.41) is 27.2. The van der Waals surface area contributed by atoms with Gasteiger partial charge in [0.2, 0.25) is 17.7 Å². The summed E-state index contributed by atoms with van der Waals surface area (Å²) < 4.78 is 71.5. The van der Waals surface area contributed by atoms with Crippen LogP contribution in [0.1, 0.15) is 36.0 Å². The van der Waals surface area contributed by atoms with Crippen molar-refractivity contribution in [1.82, 2.24) is 20.9 Å². The van der Waals surface area contributed by atoms with Gasteiger partial charge in [-0.3, -0.25) is 43.4 Å². The Bertz CT molecular complexity index is 2380. The van der Waals surface area contributed by atoms with E-state index in [1.165, 1.54) is 54.6 Å². The number of nitrogens with one attached hydrogen (secondary N) is 3. The first kappa shape index (κ1) is 75.0. The summed E-state index contributed by atoms with van der Waals surface area (Å²) >= 11 is 0. The average Bonchev–Trinajstić information content (AvgIpc) is 1.76. The van der Waals surface area contributed by atoms with Crippen molar-refractivity contribution >= 4 is 64.7 Å². The lowest BCUT2D eigenvalue weighted by atomic mass is 10.1. The molecule has 88 heavy (non-hydrogen) atoms. The van der Waals surface area contributed by atoms with Crippen LogP contribution in [0.25, 0.3) is 0 Å². The number of guanidine groups is 1. The quantitative estimate of drug-likeness (QED) is 0.0184. The number of hydrogen-bond donors (Lipinski definition) is 7. The Kier molecular flexibility index (Phi) is 41.5. The number of carbonyl (C=O) groups excluding carboxylic acids is 6. The third kappa shape index (κ3) is 36.8. The summed E-state index contributed by atoms with van der Waals surface area (Å²) in [5.41, 5.74) is 11.3. The van der Waals surface area contributed by atoms with E-state index >= 15 is 0 Å². The molecule has 0 aliphatic carbocycles. The largest absolute Gasteiger partial charge is 0.494 e. The standard InChI is InChI=1S/C57H86N8O23/c58-57(59)63-45-4-1-3-44(41-45)55(73)62-43-53(70)65(48(56(74)75)42-54(71)72)46-5-7-47(8-6-46)88-16-2-13-60-50(67)12-17-76-19-21-78-23-25-80-27-29-82-31-33-84-35-37-86-39-40-87-38-36-85-34-32-83-30-28-81-26-24-79-22-20-77-18-14-61-49(66)11-15-64-51(68)9-10-52(64)69/h1,3-10,41,48H,2,11-40,42-43H2,(H,60,67)(H,61,66)(H,62,73)(H,71,72)(H,74,75)(H4,58,59,63)/t48-/m0/s1. The molecule has 0 fully saturated rings. The Morgan fingerprint density at radius 1 is 0.523 bits per heavy atom. The molecule has 2 aromatic rings. The van der Waals surface area contributed by atoms with Crippen LogP contribution in [-0.2, 0) is 90.4 Å². The van der Waals surface area contributed by atoms with Gasteiger partial charge in [-0.15, -0.1) is 0 Å². The number of benzene rings is 2. The molecule has 31 nitrogen and oxygen atoms in total. The maximum absolute atomic E-state index is 13.4. The van der Waals surface area contributed by atoms with Gasteiger partial charge in [-0.2, -0.15) is 0 Å². The van der Waals surface area contributed by atoms with Crippen LogP contribution < -0.4 is 37.1 Å². The van der Waals surface area contributed by atoms with Crippen LogP contribution >= 0.6 is 0 Å². The molecule has 1 heterocycles. The van der Waals surface area contributed by atoms with E-state index in [0.29, 0.717) is 177 Å². The Labute approximate surface area is 510 Å². The molecule has 492 valence electrons. The number of anilines is 1. The normalized spacial score (nSPS) is 12.2. The van der Waals surface area contributed by atoms with Crippen LogP contribution in [0.3, 0.4) is 0 Å². The molecular weight excluding hydrogens is 1160 g/mol. The van der Waals surface area contributed by atoms with Gasteiger partial charge in [0.25, 0.3) is 17.7 Å². The number of imide groups is 1. The second-order valence-corrected chi connectivity index (χ2v) is 18.4. The number of aliphatic carboxylic acids is 2. The van der Waals surface area contributed by atoms with Crippen LogP contribution in [0, 0.1) is 0 Å². The van der Waals surface area contributed by atoms with Gasteiger partial charge in [0, 0.05) is 55.9 Å². The molecule has 31 heteroatoms. The lowest BCUT2D eigenvalue weighted by molar-refractivity contribution is -0.145. The molecule has 0 bridgehead atoms. The summed E-state index contributed by atoms with van der Waals surface area (Å²) in [6.45, 7) is 9.70. The number of carboxylic acid groups (broad SMARTS) is 2. The minimum atomic E-state index is -1.80. The Hall–Kier alpha value is -7.27. The van der Waals surface area contributed by atoms with E-state index < -0.39 is 54.6 Å². The number of aliphatic imine (C=N–C) groups is 1. The molecule has 0 unspecified atom stereocenters. The number of nitrogens with two attached hydrogens (primary N) is 2. The van der Waals surface area contributed by atoms with Gasteiger partial charge in [0.05, 0.1) is 184 Å². The number of hydrogen-bond acceptors (Lipinski definition) is 22. The third-order valence-electron chi connectivity index (χ3n) is 11.6. The molecular formula is C57H86N8O23. The molecule has 0 saturated heterocycles.